The van der Waals surface area contributed by atoms with Crippen molar-refractivity contribution >= 4 is 29.1 Å². The number of nitrogens with zero attached hydrogens (tertiary/aromatic N) is 4. The van der Waals surface area contributed by atoms with Gasteiger partial charge >= 0.3 is 6.18 Å². The molecule has 2 aliphatic rings. The Morgan fingerprint density at radius 2 is 1.74 bits per heavy atom. The summed E-state index contributed by atoms with van der Waals surface area (Å²) < 4.78 is 48.1. The number of halogens is 4. The van der Waals surface area contributed by atoms with E-state index in [4.69, 9.17) is 16.3 Å². The van der Waals surface area contributed by atoms with Gasteiger partial charge in [0.05, 0.1) is 16.1 Å². The van der Waals surface area contributed by atoms with E-state index in [-0.39, 0.29) is 29.7 Å². The Hall–Kier alpha value is -3.67. The van der Waals surface area contributed by atoms with Gasteiger partial charge in [0, 0.05) is 88.4 Å². The molecule has 228 valence electrons. The third-order valence-electron chi connectivity index (χ3n) is 7.79. The molecule has 3 heterocycles. The molecular formula is C31H33ClF3N5O3. The maximum atomic E-state index is 14.0. The molecule has 0 aliphatic carbocycles. The number of carbonyl (C=O) groups is 2. The molecule has 2 aromatic carbocycles. The number of piperidine rings is 1. The minimum atomic E-state index is -4.60. The molecule has 2 fully saturated rings. The van der Waals surface area contributed by atoms with E-state index >= 15 is 0 Å². The number of benzene rings is 2. The van der Waals surface area contributed by atoms with Gasteiger partial charge in [-0.25, -0.2) is 0 Å². The second kappa shape index (κ2) is 13.3. The molecule has 2 saturated heterocycles. The van der Waals surface area contributed by atoms with E-state index in [1.54, 1.807) is 41.4 Å². The summed E-state index contributed by atoms with van der Waals surface area (Å²) in [5, 5.41) is 3.00. The number of alkyl halides is 3. The van der Waals surface area contributed by atoms with Gasteiger partial charge in [-0.15, -0.1) is 0 Å². The Morgan fingerprint density at radius 3 is 2.42 bits per heavy atom. The molecule has 0 saturated carbocycles. The molecule has 0 bridgehead atoms. The molecular weight excluding hydrogens is 583 g/mol. The van der Waals surface area contributed by atoms with Gasteiger partial charge < -0.3 is 19.9 Å². The average Bonchev–Trinajstić information content (AvgIpc) is 3.00. The molecule has 0 unspecified atom stereocenters. The predicted molar refractivity (Wildman–Crippen MR) is 157 cm³/mol. The SMILES string of the molecule is CN1CCN(Cc2ccc(C(=O)Nc3ccc(Cl)c(OC4CCN(C(=O)c5cccnc5)CC4)c3)cc2C(F)(F)F)CC1. The van der Waals surface area contributed by atoms with Crippen molar-refractivity contribution in [1.29, 1.82) is 0 Å². The van der Waals surface area contributed by atoms with Crippen LogP contribution in [0.3, 0.4) is 0 Å². The Labute approximate surface area is 253 Å². The second-order valence-corrected chi connectivity index (χ2v) is 11.3. The lowest BCUT2D eigenvalue weighted by Gasteiger charge is -2.33. The van der Waals surface area contributed by atoms with Crippen LogP contribution in [0, 0.1) is 0 Å². The van der Waals surface area contributed by atoms with Crippen molar-refractivity contribution in [2.45, 2.75) is 31.7 Å². The first-order valence-corrected chi connectivity index (χ1v) is 14.5. The number of hydrogen-bond donors (Lipinski definition) is 1. The van der Waals surface area contributed by atoms with Crippen molar-refractivity contribution in [3.63, 3.8) is 0 Å². The zero-order valence-electron chi connectivity index (χ0n) is 23.7. The number of aromatic nitrogens is 1. The first kappa shape index (κ1) is 30.8. The summed E-state index contributed by atoms with van der Waals surface area (Å²) in [4.78, 5) is 35.6. The van der Waals surface area contributed by atoms with E-state index in [0.717, 1.165) is 19.2 Å². The summed E-state index contributed by atoms with van der Waals surface area (Å²) in [7, 11) is 1.99. The van der Waals surface area contributed by atoms with Gasteiger partial charge in [0.25, 0.3) is 11.8 Å². The number of pyridine rings is 1. The number of piperazine rings is 1. The predicted octanol–water partition coefficient (Wildman–Crippen LogP) is 5.44. The molecule has 43 heavy (non-hydrogen) atoms. The molecule has 12 heteroatoms. The fourth-order valence-corrected chi connectivity index (χ4v) is 5.43. The van der Waals surface area contributed by atoms with Gasteiger partial charge in [0.1, 0.15) is 11.9 Å². The maximum absolute atomic E-state index is 14.0. The fraction of sp³-hybridized carbons (Fsp3) is 0.387. The molecule has 2 aliphatic heterocycles. The second-order valence-electron chi connectivity index (χ2n) is 10.9. The van der Waals surface area contributed by atoms with Gasteiger partial charge in [-0.2, -0.15) is 13.2 Å². The third kappa shape index (κ3) is 7.84. The molecule has 0 atom stereocenters. The number of anilines is 1. The van der Waals surface area contributed by atoms with Crippen LogP contribution in [0.2, 0.25) is 5.02 Å². The molecule has 1 N–H and O–H groups in total. The minimum absolute atomic E-state index is 0.0877. The summed E-state index contributed by atoms with van der Waals surface area (Å²) >= 11 is 6.36. The van der Waals surface area contributed by atoms with E-state index < -0.39 is 17.6 Å². The van der Waals surface area contributed by atoms with E-state index in [0.29, 0.717) is 61.0 Å². The lowest BCUT2D eigenvalue weighted by molar-refractivity contribution is -0.138. The highest BCUT2D eigenvalue weighted by Gasteiger charge is 2.35. The van der Waals surface area contributed by atoms with Crippen LogP contribution >= 0.6 is 11.6 Å². The highest BCUT2D eigenvalue weighted by molar-refractivity contribution is 6.32. The Bertz CT molecular complexity index is 1440. The van der Waals surface area contributed by atoms with Crippen LogP contribution in [0.1, 0.15) is 44.7 Å². The largest absolute Gasteiger partial charge is 0.489 e. The van der Waals surface area contributed by atoms with Crippen molar-refractivity contribution in [1.82, 2.24) is 19.7 Å². The lowest BCUT2D eigenvalue weighted by atomic mass is 10.0. The quantitative estimate of drug-likeness (QED) is 0.382. The van der Waals surface area contributed by atoms with Crippen LogP contribution in [0.5, 0.6) is 5.75 Å². The third-order valence-corrected chi connectivity index (χ3v) is 8.10. The number of carbonyl (C=O) groups excluding carboxylic acids is 2. The Kier molecular flexibility index (Phi) is 9.53. The number of likely N-dealkylation sites (N-methyl/N-ethyl adjacent to an activating group) is 1. The van der Waals surface area contributed by atoms with Crippen molar-refractivity contribution in [2.24, 2.45) is 0 Å². The van der Waals surface area contributed by atoms with E-state index in [1.807, 2.05) is 11.9 Å². The average molecular weight is 616 g/mol. The zero-order valence-corrected chi connectivity index (χ0v) is 24.5. The molecule has 3 aromatic rings. The summed E-state index contributed by atoms with van der Waals surface area (Å²) in [6.07, 6.45) is -0.486. The van der Waals surface area contributed by atoms with Crippen molar-refractivity contribution in [3.05, 3.63) is 88.2 Å². The number of hydrogen-bond acceptors (Lipinski definition) is 6. The first-order chi connectivity index (χ1) is 20.6. The molecule has 2 amide bonds. The van der Waals surface area contributed by atoms with Crippen LogP contribution in [0.25, 0.3) is 0 Å². The van der Waals surface area contributed by atoms with Gasteiger partial charge in [0.15, 0.2) is 0 Å². The van der Waals surface area contributed by atoms with E-state index in [1.165, 1.54) is 18.3 Å². The Morgan fingerprint density at radius 1 is 1.00 bits per heavy atom. The highest BCUT2D eigenvalue weighted by atomic mass is 35.5. The summed E-state index contributed by atoms with van der Waals surface area (Å²) in [5.74, 6) is -0.419. The van der Waals surface area contributed by atoms with Gasteiger partial charge in [0.2, 0.25) is 0 Å². The summed E-state index contributed by atoms with van der Waals surface area (Å²) in [5.41, 5.74) is 0.0955. The number of likely N-dealkylation sites (tertiary alicyclic amines) is 1. The van der Waals surface area contributed by atoms with Crippen LogP contribution in [0.4, 0.5) is 18.9 Å². The first-order valence-electron chi connectivity index (χ1n) is 14.1. The maximum Gasteiger partial charge on any atom is 0.416 e. The molecule has 0 radical (unpaired) electrons. The summed E-state index contributed by atoms with van der Waals surface area (Å²) in [6.45, 7) is 4.11. The van der Waals surface area contributed by atoms with Crippen molar-refractivity contribution in [2.75, 3.05) is 51.6 Å². The number of ether oxygens (including phenoxy) is 1. The van der Waals surface area contributed by atoms with Crippen molar-refractivity contribution in [3.8, 4) is 5.75 Å². The van der Waals surface area contributed by atoms with Crippen molar-refractivity contribution < 1.29 is 27.5 Å². The lowest BCUT2D eigenvalue weighted by Crippen LogP contribution is -2.44. The van der Waals surface area contributed by atoms with Gasteiger partial charge in [-0.05, 0) is 49.0 Å². The van der Waals surface area contributed by atoms with E-state index in [2.05, 4.69) is 15.2 Å². The zero-order chi connectivity index (χ0) is 30.6. The van der Waals surface area contributed by atoms with Gasteiger partial charge in [-0.1, -0.05) is 17.7 Å². The number of amides is 2. The van der Waals surface area contributed by atoms with Gasteiger partial charge in [-0.3, -0.25) is 19.5 Å². The molecule has 1 aromatic heterocycles. The number of nitrogens with one attached hydrogen (secondary N) is 1. The molecule has 5 rings (SSSR count). The van der Waals surface area contributed by atoms with Crippen LogP contribution in [-0.2, 0) is 12.7 Å². The van der Waals surface area contributed by atoms with Crippen LogP contribution in [-0.4, -0.2) is 83.9 Å². The monoisotopic (exact) mass is 615 g/mol. The standard InChI is InChI=1S/C31H33ClF3N5O3/c1-38-13-15-39(16-14-38)20-23-5-4-21(17-26(23)31(33,34)35)29(41)37-24-6-7-27(32)28(18-24)43-25-8-11-40(12-9-25)30(42)22-3-2-10-36-19-22/h2-7,10,17-19,25H,8-9,11-16,20H2,1H3,(H,37,41). The molecule has 8 nitrogen and oxygen atoms in total. The molecule has 0 spiro atoms. The smallest absolute Gasteiger partial charge is 0.416 e. The van der Waals surface area contributed by atoms with E-state index in [9.17, 15) is 22.8 Å². The normalized spacial score (nSPS) is 17.1. The number of rotatable bonds is 7. The topological polar surface area (TPSA) is 78.0 Å². The Balaban J connectivity index is 1.22. The highest BCUT2D eigenvalue weighted by Crippen LogP contribution is 2.34. The summed E-state index contributed by atoms with van der Waals surface area (Å²) in [6, 6.07) is 11.8. The minimum Gasteiger partial charge on any atom is -0.489 e. The fourth-order valence-electron chi connectivity index (χ4n) is 5.27. The van der Waals surface area contributed by atoms with Crippen LogP contribution < -0.4 is 10.1 Å². The van der Waals surface area contributed by atoms with Crippen LogP contribution in [0.15, 0.2) is 60.9 Å².